The molecule has 1 heterocycles. The van der Waals surface area contributed by atoms with E-state index in [-0.39, 0.29) is 11.3 Å². The standard InChI is InChI=1S/C12H20N4O/c1-12(2,3)7-8-14-11(17)9-5-6-10(13-4)16-15-9/h5-6H,7-8H2,1-4H3,(H,13,16)(H,14,17). The number of rotatable bonds is 4. The van der Waals surface area contributed by atoms with Crippen molar-refractivity contribution in [3.8, 4) is 0 Å². The molecule has 5 nitrogen and oxygen atoms in total. The van der Waals surface area contributed by atoms with Crippen LogP contribution in [0.25, 0.3) is 0 Å². The molecule has 0 spiro atoms. The molecule has 1 aromatic rings. The Labute approximate surface area is 102 Å². The van der Waals surface area contributed by atoms with E-state index in [2.05, 4.69) is 41.6 Å². The van der Waals surface area contributed by atoms with Crippen LogP contribution >= 0.6 is 0 Å². The molecule has 2 N–H and O–H groups in total. The van der Waals surface area contributed by atoms with Crippen LogP contribution in [0.5, 0.6) is 0 Å². The van der Waals surface area contributed by atoms with Crippen LogP contribution < -0.4 is 10.6 Å². The molecule has 0 aliphatic rings. The molecule has 0 unspecified atom stereocenters. The highest BCUT2D eigenvalue weighted by Gasteiger charge is 2.12. The number of aromatic nitrogens is 2. The van der Waals surface area contributed by atoms with Crippen LogP contribution in [0.2, 0.25) is 0 Å². The summed E-state index contributed by atoms with van der Waals surface area (Å²) in [5.41, 5.74) is 0.562. The number of anilines is 1. The summed E-state index contributed by atoms with van der Waals surface area (Å²) in [6.45, 7) is 7.07. The van der Waals surface area contributed by atoms with E-state index in [9.17, 15) is 4.79 Å². The Morgan fingerprint density at radius 1 is 1.29 bits per heavy atom. The van der Waals surface area contributed by atoms with Crippen LogP contribution in [0, 0.1) is 5.41 Å². The van der Waals surface area contributed by atoms with E-state index in [1.54, 1.807) is 19.2 Å². The van der Waals surface area contributed by atoms with Crippen molar-refractivity contribution in [2.75, 3.05) is 18.9 Å². The summed E-state index contributed by atoms with van der Waals surface area (Å²) in [7, 11) is 1.76. The molecule has 1 aromatic heterocycles. The summed E-state index contributed by atoms with van der Waals surface area (Å²) in [6, 6.07) is 3.39. The molecule has 0 radical (unpaired) electrons. The lowest BCUT2D eigenvalue weighted by Crippen LogP contribution is -2.28. The first-order chi connectivity index (χ1) is 7.92. The molecule has 1 amide bonds. The van der Waals surface area contributed by atoms with E-state index in [4.69, 9.17) is 0 Å². The average Bonchev–Trinajstić information content (AvgIpc) is 2.27. The average molecular weight is 236 g/mol. The Hall–Kier alpha value is -1.65. The van der Waals surface area contributed by atoms with Crippen molar-refractivity contribution in [1.29, 1.82) is 0 Å². The van der Waals surface area contributed by atoms with Crippen LogP contribution in [0.1, 0.15) is 37.7 Å². The van der Waals surface area contributed by atoms with Gasteiger partial charge in [-0.25, -0.2) is 0 Å². The number of hydrogen-bond donors (Lipinski definition) is 2. The molecule has 0 atom stereocenters. The highest BCUT2D eigenvalue weighted by Crippen LogP contribution is 2.16. The van der Waals surface area contributed by atoms with Crippen molar-refractivity contribution in [2.24, 2.45) is 5.41 Å². The summed E-state index contributed by atoms with van der Waals surface area (Å²) in [5.74, 6) is 0.473. The van der Waals surface area contributed by atoms with Gasteiger partial charge in [0.2, 0.25) is 0 Å². The summed E-state index contributed by atoms with van der Waals surface area (Å²) < 4.78 is 0. The van der Waals surface area contributed by atoms with E-state index >= 15 is 0 Å². The normalized spacial score (nSPS) is 11.1. The second-order valence-corrected chi connectivity index (χ2v) is 5.12. The van der Waals surface area contributed by atoms with Crippen molar-refractivity contribution in [2.45, 2.75) is 27.2 Å². The van der Waals surface area contributed by atoms with Gasteiger partial charge in [-0.15, -0.1) is 10.2 Å². The molecule has 17 heavy (non-hydrogen) atoms. The summed E-state index contributed by atoms with van der Waals surface area (Å²) in [6.07, 6.45) is 0.931. The van der Waals surface area contributed by atoms with Gasteiger partial charge in [-0.3, -0.25) is 4.79 Å². The van der Waals surface area contributed by atoms with E-state index in [1.807, 2.05) is 0 Å². The maximum Gasteiger partial charge on any atom is 0.271 e. The van der Waals surface area contributed by atoms with Gasteiger partial charge >= 0.3 is 0 Å². The Morgan fingerprint density at radius 3 is 2.47 bits per heavy atom. The lowest BCUT2D eigenvalue weighted by Gasteiger charge is -2.17. The van der Waals surface area contributed by atoms with Crippen molar-refractivity contribution in [1.82, 2.24) is 15.5 Å². The van der Waals surface area contributed by atoms with Crippen LogP contribution in [0.4, 0.5) is 5.82 Å². The molecule has 0 bridgehead atoms. The van der Waals surface area contributed by atoms with E-state index in [0.717, 1.165) is 6.42 Å². The number of amides is 1. The quantitative estimate of drug-likeness (QED) is 0.834. The summed E-state index contributed by atoms with van der Waals surface area (Å²) in [4.78, 5) is 11.7. The van der Waals surface area contributed by atoms with Gasteiger partial charge in [0.25, 0.3) is 5.91 Å². The van der Waals surface area contributed by atoms with Gasteiger partial charge in [0.15, 0.2) is 5.69 Å². The lowest BCUT2D eigenvalue weighted by molar-refractivity contribution is 0.0943. The highest BCUT2D eigenvalue weighted by atomic mass is 16.1. The summed E-state index contributed by atoms with van der Waals surface area (Å²) in [5, 5.41) is 13.4. The third-order valence-corrected chi connectivity index (χ3v) is 2.31. The van der Waals surface area contributed by atoms with Crippen molar-refractivity contribution in [3.63, 3.8) is 0 Å². The first-order valence-electron chi connectivity index (χ1n) is 5.72. The lowest BCUT2D eigenvalue weighted by atomic mass is 9.92. The molecular weight excluding hydrogens is 216 g/mol. The first kappa shape index (κ1) is 13.4. The molecule has 0 saturated carbocycles. The number of nitrogens with one attached hydrogen (secondary N) is 2. The first-order valence-corrected chi connectivity index (χ1v) is 5.72. The minimum absolute atomic E-state index is 0.176. The predicted octanol–water partition coefficient (Wildman–Crippen LogP) is 1.68. The summed E-state index contributed by atoms with van der Waals surface area (Å²) >= 11 is 0. The number of nitrogens with zero attached hydrogens (tertiary/aromatic N) is 2. The SMILES string of the molecule is CNc1ccc(C(=O)NCCC(C)(C)C)nn1. The fraction of sp³-hybridized carbons (Fsp3) is 0.583. The van der Waals surface area contributed by atoms with Gasteiger partial charge in [0.1, 0.15) is 5.82 Å². The smallest absolute Gasteiger partial charge is 0.271 e. The Kier molecular flexibility index (Phi) is 4.43. The zero-order valence-electron chi connectivity index (χ0n) is 10.9. The Bertz CT molecular complexity index is 367. The van der Waals surface area contributed by atoms with E-state index in [1.165, 1.54) is 0 Å². The van der Waals surface area contributed by atoms with Gasteiger partial charge in [0.05, 0.1) is 0 Å². The van der Waals surface area contributed by atoms with E-state index < -0.39 is 0 Å². The zero-order chi connectivity index (χ0) is 12.9. The molecule has 0 aliphatic heterocycles. The maximum atomic E-state index is 11.7. The van der Waals surface area contributed by atoms with Gasteiger partial charge in [-0.1, -0.05) is 20.8 Å². The van der Waals surface area contributed by atoms with E-state index in [0.29, 0.717) is 18.1 Å². The molecular formula is C12H20N4O. The minimum atomic E-state index is -0.176. The fourth-order valence-electron chi connectivity index (χ4n) is 1.23. The van der Waals surface area contributed by atoms with Gasteiger partial charge in [-0.2, -0.15) is 0 Å². The minimum Gasteiger partial charge on any atom is -0.372 e. The van der Waals surface area contributed by atoms with Crippen LogP contribution in [0.3, 0.4) is 0 Å². The third kappa shape index (κ3) is 4.80. The van der Waals surface area contributed by atoms with Gasteiger partial charge < -0.3 is 10.6 Å². The van der Waals surface area contributed by atoms with Gasteiger partial charge in [0, 0.05) is 13.6 Å². The topological polar surface area (TPSA) is 66.9 Å². The number of hydrogen-bond acceptors (Lipinski definition) is 4. The van der Waals surface area contributed by atoms with Crippen LogP contribution in [-0.2, 0) is 0 Å². The molecule has 5 heteroatoms. The van der Waals surface area contributed by atoms with Crippen molar-refractivity contribution >= 4 is 11.7 Å². The van der Waals surface area contributed by atoms with Crippen molar-refractivity contribution < 1.29 is 4.79 Å². The molecule has 0 saturated heterocycles. The molecule has 94 valence electrons. The van der Waals surface area contributed by atoms with Crippen LogP contribution in [-0.4, -0.2) is 29.7 Å². The zero-order valence-corrected chi connectivity index (χ0v) is 10.9. The fourth-order valence-corrected chi connectivity index (χ4v) is 1.23. The van der Waals surface area contributed by atoms with Crippen LogP contribution in [0.15, 0.2) is 12.1 Å². The maximum absolute atomic E-state index is 11.7. The molecule has 1 rings (SSSR count). The molecule has 0 aromatic carbocycles. The van der Waals surface area contributed by atoms with Crippen molar-refractivity contribution in [3.05, 3.63) is 17.8 Å². The third-order valence-electron chi connectivity index (χ3n) is 2.31. The number of carbonyl (C=O) groups is 1. The predicted molar refractivity (Wildman–Crippen MR) is 68.0 cm³/mol. The second-order valence-electron chi connectivity index (χ2n) is 5.12. The highest BCUT2D eigenvalue weighted by molar-refractivity contribution is 5.92. The molecule has 0 aliphatic carbocycles. The monoisotopic (exact) mass is 236 g/mol. The largest absolute Gasteiger partial charge is 0.372 e. The number of carbonyl (C=O) groups excluding carboxylic acids is 1. The molecule has 0 fully saturated rings. The van der Waals surface area contributed by atoms with Gasteiger partial charge in [-0.05, 0) is 24.0 Å². The Morgan fingerprint density at radius 2 is 2.00 bits per heavy atom. The second kappa shape index (κ2) is 5.61. The Balaban J connectivity index is 2.47.